The van der Waals surface area contributed by atoms with E-state index in [0.29, 0.717) is 31.4 Å². The molecule has 2 rings (SSSR count). The number of carbonyl (C=O) groups is 1. The minimum absolute atomic E-state index is 0. The number of halogens is 1. The third-order valence-corrected chi connectivity index (χ3v) is 3.91. The molecule has 0 fully saturated rings. The highest BCUT2D eigenvalue weighted by molar-refractivity contribution is 14.0. The molecule has 0 aliphatic rings. The summed E-state index contributed by atoms with van der Waals surface area (Å²) < 4.78 is 15.7. The summed E-state index contributed by atoms with van der Waals surface area (Å²) in [7, 11) is 6.90. The highest BCUT2D eigenvalue weighted by atomic mass is 127. The Bertz CT molecular complexity index is 765. The van der Waals surface area contributed by atoms with Crippen molar-refractivity contribution >= 4 is 35.8 Å². The molecule has 0 saturated carbocycles. The summed E-state index contributed by atoms with van der Waals surface area (Å²) in [4.78, 5) is 18.1. The van der Waals surface area contributed by atoms with E-state index in [4.69, 9.17) is 13.9 Å². The molecule has 1 amide bonds. The van der Waals surface area contributed by atoms with Crippen LogP contribution < -0.4 is 20.1 Å². The Balaban J connectivity index is 0.00000392. The lowest BCUT2D eigenvalue weighted by molar-refractivity contribution is 0.0926. The molecular formula is C19H27IN4O4. The maximum Gasteiger partial charge on any atom is 0.287 e. The van der Waals surface area contributed by atoms with Crippen LogP contribution in [0.1, 0.15) is 16.1 Å². The van der Waals surface area contributed by atoms with Crippen molar-refractivity contribution in [2.24, 2.45) is 4.99 Å². The Morgan fingerprint density at radius 1 is 1.18 bits per heavy atom. The van der Waals surface area contributed by atoms with E-state index in [2.05, 4.69) is 15.6 Å². The van der Waals surface area contributed by atoms with E-state index in [1.54, 1.807) is 33.4 Å². The molecule has 154 valence electrons. The Labute approximate surface area is 182 Å². The van der Waals surface area contributed by atoms with Gasteiger partial charge in [0.15, 0.2) is 11.7 Å². The number of amides is 1. The number of rotatable bonds is 8. The van der Waals surface area contributed by atoms with Crippen molar-refractivity contribution in [3.8, 4) is 11.5 Å². The van der Waals surface area contributed by atoms with E-state index in [-0.39, 0.29) is 29.9 Å². The molecule has 0 aliphatic heterocycles. The molecule has 28 heavy (non-hydrogen) atoms. The van der Waals surface area contributed by atoms with E-state index < -0.39 is 0 Å². The Hall–Kier alpha value is -2.43. The van der Waals surface area contributed by atoms with Crippen LogP contribution in [0.2, 0.25) is 0 Å². The van der Waals surface area contributed by atoms with Gasteiger partial charge in [-0.15, -0.1) is 24.0 Å². The second kappa shape index (κ2) is 12.1. The molecule has 2 aromatic rings. The van der Waals surface area contributed by atoms with Gasteiger partial charge in [-0.25, -0.2) is 0 Å². The van der Waals surface area contributed by atoms with Crippen molar-refractivity contribution in [1.82, 2.24) is 15.5 Å². The number of hydrogen-bond acceptors (Lipinski definition) is 5. The SMILES string of the molecule is CN=C(NCCNC(=O)c1ccco1)N(C)Cc1ccc(OC)cc1OC.I. The van der Waals surface area contributed by atoms with Crippen LogP contribution in [0.25, 0.3) is 0 Å². The standard InChI is InChI=1S/C19H26N4O4.HI/c1-20-19(22-10-9-21-18(24)16-6-5-11-27-16)23(2)13-14-7-8-15(25-3)12-17(14)26-4;/h5-8,11-12H,9-10,13H2,1-4H3,(H,20,22)(H,21,24);1H. The quantitative estimate of drug-likeness (QED) is 0.250. The lowest BCUT2D eigenvalue weighted by Gasteiger charge is -2.23. The van der Waals surface area contributed by atoms with Crippen LogP contribution in [0.5, 0.6) is 11.5 Å². The van der Waals surface area contributed by atoms with Gasteiger partial charge in [0.1, 0.15) is 11.5 Å². The smallest absolute Gasteiger partial charge is 0.287 e. The van der Waals surface area contributed by atoms with Crippen LogP contribution in [-0.4, -0.2) is 58.2 Å². The molecule has 8 nitrogen and oxygen atoms in total. The highest BCUT2D eigenvalue weighted by Crippen LogP contribution is 2.25. The fourth-order valence-electron chi connectivity index (χ4n) is 2.54. The molecule has 9 heteroatoms. The van der Waals surface area contributed by atoms with Gasteiger partial charge in [0.2, 0.25) is 0 Å². The monoisotopic (exact) mass is 502 g/mol. The number of furan rings is 1. The molecule has 0 aliphatic carbocycles. The van der Waals surface area contributed by atoms with Gasteiger partial charge in [-0.2, -0.15) is 0 Å². The first kappa shape index (κ1) is 23.6. The maximum atomic E-state index is 11.8. The summed E-state index contributed by atoms with van der Waals surface area (Å²) in [6.07, 6.45) is 1.47. The van der Waals surface area contributed by atoms with Crippen molar-refractivity contribution in [1.29, 1.82) is 0 Å². The molecule has 0 unspecified atom stereocenters. The fraction of sp³-hybridized carbons (Fsp3) is 0.368. The Morgan fingerprint density at radius 2 is 1.93 bits per heavy atom. The summed E-state index contributed by atoms with van der Waals surface area (Å²) in [5.74, 6) is 2.26. The van der Waals surface area contributed by atoms with Gasteiger partial charge in [-0.1, -0.05) is 0 Å². The van der Waals surface area contributed by atoms with Gasteiger partial charge >= 0.3 is 0 Å². The molecule has 0 spiro atoms. The highest BCUT2D eigenvalue weighted by Gasteiger charge is 2.12. The summed E-state index contributed by atoms with van der Waals surface area (Å²) >= 11 is 0. The van der Waals surface area contributed by atoms with Gasteiger partial charge in [0.25, 0.3) is 5.91 Å². The first-order valence-electron chi connectivity index (χ1n) is 8.53. The number of benzene rings is 1. The molecule has 1 aromatic heterocycles. The van der Waals surface area contributed by atoms with Gasteiger partial charge < -0.3 is 29.4 Å². The van der Waals surface area contributed by atoms with Crippen LogP contribution in [0, 0.1) is 0 Å². The zero-order valence-corrected chi connectivity index (χ0v) is 18.9. The summed E-state index contributed by atoms with van der Waals surface area (Å²) in [6, 6.07) is 9.01. The minimum atomic E-state index is -0.242. The molecule has 0 atom stereocenters. The number of ether oxygens (including phenoxy) is 2. The van der Waals surface area contributed by atoms with E-state index in [9.17, 15) is 4.79 Å². The maximum absolute atomic E-state index is 11.8. The normalized spacial score (nSPS) is 10.6. The second-order valence-electron chi connectivity index (χ2n) is 5.74. The molecule has 0 bridgehead atoms. The molecular weight excluding hydrogens is 475 g/mol. The predicted molar refractivity (Wildman–Crippen MR) is 119 cm³/mol. The number of methoxy groups -OCH3 is 2. The molecule has 1 heterocycles. The van der Waals surface area contributed by atoms with Crippen molar-refractivity contribution in [2.45, 2.75) is 6.54 Å². The molecule has 0 radical (unpaired) electrons. The number of nitrogens with one attached hydrogen (secondary N) is 2. The third-order valence-electron chi connectivity index (χ3n) is 3.91. The van der Waals surface area contributed by atoms with Crippen LogP contribution in [0.15, 0.2) is 46.0 Å². The molecule has 1 aromatic carbocycles. The van der Waals surface area contributed by atoms with Crippen LogP contribution in [0.3, 0.4) is 0 Å². The average molecular weight is 502 g/mol. The Kier molecular flexibility index (Phi) is 10.2. The van der Waals surface area contributed by atoms with E-state index in [1.807, 2.05) is 30.1 Å². The molecule has 0 saturated heterocycles. The van der Waals surface area contributed by atoms with Crippen LogP contribution in [0.4, 0.5) is 0 Å². The first-order chi connectivity index (χ1) is 13.1. The number of nitrogens with zero attached hydrogens (tertiary/aromatic N) is 2. The van der Waals surface area contributed by atoms with Gasteiger partial charge in [-0.3, -0.25) is 9.79 Å². The molecule has 2 N–H and O–H groups in total. The van der Waals surface area contributed by atoms with Gasteiger partial charge in [0, 0.05) is 45.4 Å². The fourth-order valence-corrected chi connectivity index (χ4v) is 2.54. The first-order valence-corrected chi connectivity index (χ1v) is 8.53. The average Bonchev–Trinajstić information content (AvgIpc) is 3.23. The lowest BCUT2D eigenvalue weighted by Crippen LogP contribution is -2.42. The summed E-state index contributed by atoms with van der Waals surface area (Å²) in [5.41, 5.74) is 1.01. The van der Waals surface area contributed by atoms with Crippen LogP contribution >= 0.6 is 24.0 Å². The van der Waals surface area contributed by atoms with Crippen molar-refractivity contribution in [3.63, 3.8) is 0 Å². The zero-order chi connectivity index (χ0) is 19.6. The number of aliphatic imine (C=N–C) groups is 1. The van der Waals surface area contributed by atoms with Crippen molar-refractivity contribution < 1.29 is 18.7 Å². The predicted octanol–water partition coefficient (Wildman–Crippen LogP) is 2.35. The van der Waals surface area contributed by atoms with E-state index in [1.165, 1.54) is 6.26 Å². The second-order valence-corrected chi connectivity index (χ2v) is 5.74. The van der Waals surface area contributed by atoms with Crippen LogP contribution in [-0.2, 0) is 6.54 Å². The number of guanidine groups is 1. The van der Waals surface area contributed by atoms with E-state index >= 15 is 0 Å². The van der Waals surface area contributed by atoms with E-state index in [0.717, 1.165) is 17.1 Å². The topological polar surface area (TPSA) is 88.3 Å². The Morgan fingerprint density at radius 3 is 2.54 bits per heavy atom. The van der Waals surface area contributed by atoms with Crippen molar-refractivity contribution in [3.05, 3.63) is 47.9 Å². The number of carbonyl (C=O) groups excluding carboxylic acids is 1. The largest absolute Gasteiger partial charge is 0.497 e. The third kappa shape index (κ3) is 6.63. The summed E-state index contributed by atoms with van der Waals surface area (Å²) in [5, 5.41) is 6.00. The zero-order valence-electron chi connectivity index (χ0n) is 16.5. The number of hydrogen-bond donors (Lipinski definition) is 2. The van der Waals surface area contributed by atoms with Crippen molar-refractivity contribution in [2.75, 3.05) is 41.4 Å². The summed E-state index contributed by atoms with van der Waals surface area (Å²) in [6.45, 7) is 1.58. The minimum Gasteiger partial charge on any atom is -0.497 e. The van der Waals surface area contributed by atoms with Gasteiger partial charge in [0.05, 0.1) is 20.5 Å². The lowest BCUT2D eigenvalue weighted by atomic mass is 10.2. The van der Waals surface area contributed by atoms with Gasteiger partial charge in [-0.05, 0) is 24.3 Å².